The van der Waals surface area contributed by atoms with Crippen LogP contribution in [0.2, 0.25) is 0 Å². The number of non-ortho nitro benzene ring substituents is 1. The molecule has 1 aromatic carbocycles. The maximum absolute atomic E-state index is 12.1. The lowest BCUT2D eigenvalue weighted by Gasteiger charge is -2.10. The van der Waals surface area contributed by atoms with E-state index in [1.165, 1.54) is 6.07 Å². The molecule has 0 heterocycles. The van der Waals surface area contributed by atoms with Crippen LogP contribution in [0.5, 0.6) is 0 Å². The molecule has 0 unspecified atom stereocenters. The summed E-state index contributed by atoms with van der Waals surface area (Å²) in [6.45, 7) is -0.0298. The summed E-state index contributed by atoms with van der Waals surface area (Å²) in [7, 11) is -4.01. The number of amides is 1. The van der Waals surface area contributed by atoms with E-state index in [0.717, 1.165) is 12.1 Å². The second kappa shape index (κ2) is 6.97. The Morgan fingerprint density at radius 2 is 2.05 bits per heavy atom. The van der Waals surface area contributed by atoms with Crippen molar-refractivity contribution < 1.29 is 18.1 Å². The van der Waals surface area contributed by atoms with Crippen LogP contribution in [-0.2, 0) is 14.8 Å². The van der Waals surface area contributed by atoms with Crippen molar-refractivity contribution in [2.24, 2.45) is 11.6 Å². The Hall–Kier alpha value is -2.24. The van der Waals surface area contributed by atoms with Crippen molar-refractivity contribution in [1.29, 1.82) is 0 Å². The fourth-order valence-electron chi connectivity index (χ4n) is 1.51. The van der Waals surface area contributed by atoms with Crippen LogP contribution in [0.3, 0.4) is 0 Å². The molecule has 1 aromatic rings. The predicted octanol–water partition coefficient (Wildman–Crippen LogP) is -0.576. The zero-order chi connectivity index (χ0) is 16.0. The number of anilines is 1. The quantitative estimate of drug-likeness (QED) is 0.215. The Kier molecular flexibility index (Phi) is 5.58. The molecule has 0 aromatic heterocycles. The van der Waals surface area contributed by atoms with Crippen LogP contribution in [0.15, 0.2) is 23.1 Å². The molecule has 0 aliphatic rings. The summed E-state index contributed by atoms with van der Waals surface area (Å²) in [5.74, 6) is 4.65. The van der Waals surface area contributed by atoms with E-state index >= 15 is 0 Å². The third-order valence-corrected chi connectivity index (χ3v) is 4.01. The number of nitro benzene ring substituents is 1. The number of nitrogen functional groups attached to an aromatic ring is 1. The first-order valence-corrected chi connectivity index (χ1v) is 7.29. The Bertz CT molecular complexity index is 645. The van der Waals surface area contributed by atoms with Crippen molar-refractivity contribution in [2.45, 2.75) is 17.7 Å². The number of nitrogens with zero attached hydrogens (tertiary/aromatic N) is 1. The number of benzene rings is 1. The monoisotopic (exact) mass is 317 g/mol. The number of sulfonamides is 1. The minimum Gasteiger partial charge on any atom is -0.370 e. The molecule has 0 saturated heterocycles. The highest BCUT2D eigenvalue weighted by Gasteiger charge is 2.21. The molecule has 0 atom stereocenters. The number of carbonyl (C=O) groups is 1. The minimum atomic E-state index is -4.01. The molecule has 0 aliphatic heterocycles. The summed E-state index contributed by atoms with van der Waals surface area (Å²) < 4.78 is 26.4. The van der Waals surface area contributed by atoms with Crippen molar-refractivity contribution in [3.8, 4) is 0 Å². The smallest absolute Gasteiger partial charge is 0.270 e. The molecule has 116 valence electrons. The summed E-state index contributed by atoms with van der Waals surface area (Å²) in [6, 6.07) is 3.21. The SMILES string of the molecule is NNc1ccc([N+](=O)[O-])cc1S(=O)(=O)NCCCC(N)=O. The summed E-state index contributed by atoms with van der Waals surface area (Å²) >= 11 is 0. The van der Waals surface area contributed by atoms with Gasteiger partial charge in [0, 0.05) is 25.1 Å². The number of hydrogen-bond acceptors (Lipinski definition) is 7. The van der Waals surface area contributed by atoms with E-state index in [0.29, 0.717) is 0 Å². The molecule has 1 amide bonds. The number of carbonyl (C=O) groups excluding carboxylic acids is 1. The van der Waals surface area contributed by atoms with Gasteiger partial charge in [-0.25, -0.2) is 13.1 Å². The molecular formula is C10H15N5O5S. The predicted molar refractivity (Wildman–Crippen MR) is 74.5 cm³/mol. The van der Waals surface area contributed by atoms with E-state index in [9.17, 15) is 23.3 Å². The van der Waals surface area contributed by atoms with Crippen LogP contribution in [0.1, 0.15) is 12.8 Å². The fourth-order valence-corrected chi connectivity index (χ4v) is 2.77. The number of nitro groups is 1. The van der Waals surface area contributed by atoms with E-state index < -0.39 is 20.9 Å². The molecule has 0 fully saturated rings. The molecule has 6 N–H and O–H groups in total. The van der Waals surface area contributed by atoms with Gasteiger partial charge < -0.3 is 11.2 Å². The second-order valence-corrected chi connectivity index (χ2v) is 5.78. The number of nitrogens with two attached hydrogens (primary N) is 2. The Morgan fingerprint density at radius 3 is 2.57 bits per heavy atom. The summed E-state index contributed by atoms with van der Waals surface area (Å²) in [6.07, 6.45) is 0.244. The lowest BCUT2D eigenvalue weighted by molar-refractivity contribution is -0.385. The lowest BCUT2D eigenvalue weighted by atomic mass is 10.3. The maximum atomic E-state index is 12.1. The van der Waals surface area contributed by atoms with Gasteiger partial charge in [0.25, 0.3) is 5.69 Å². The first kappa shape index (κ1) is 16.8. The van der Waals surface area contributed by atoms with E-state index in [4.69, 9.17) is 11.6 Å². The van der Waals surface area contributed by atoms with Gasteiger partial charge in [-0.3, -0.25) is 20.8 Å². The van der Waals surface area contributed by atoms with Crippen molar-refractivity contribution >= 4 is 27.3 Å². The molecule has 11 heteroatoms. The molecule has 0 bridgehead atoms. The number of nitrogens with one attached hydrogen (secondary N) is 2. The number of hydrogen-bond donors (Lipinski definition) is 4. The highest BCUT2D eigenvalue weighted by atomic mass is 32.2. The molecule has 0 aliphatic carbocycles. The summed E-state index contributed by atoms with van der Waals surface area (Å²) in [4.78, 5) is 20.2. The molecule has 10 nitrogen and oxygen atoms in total. The maximum Gasteiger partial charge on any atom is 0.270 e. The highest BCUT2D eigenvalue weighted by Crippen LogP contribution is 2.25. The minimum absolute atomic E-state index is 0.0167. The van der Waals surface area contributed by atoms with Crippen LogP contribution >= 0.6 is 0 Å². The molecule has 0 saturated carbocycles. The first-order chi connectivity index (χ1) is 9.77. The molecule has 1 rings (SSSR count). The lowest BCUT2D eigenvalue weighted by Crippen LogP contribution is -2.27. The standard InChI is InChI=1S/C10H15N5O5S/c11-10(16)2-1-5-13-21(19,20)9-6-7(15(17)18)3-4-8(9)14-12/h3-4,6,13-14H,1-2,5,12H2,(H2,11,16). The van der Waals surface area contributed by atoms with E-state index in [1.807, 2.05) is 0 Å². The molecule has 0 spiro atoms. The van der Waals surface area contributed by atoms with Gasteiger partial charge in [-0.1, -0.05) is 0 Å². The van der Waals surface area contributed by atoms with Gasteiger partial charge in [0.1, 0.15) is 4.90 Å². The third kappa shape index (κ3) is 4.66. The Labute approximate surface area is 120 Å². The zero-order valence-corrected chi connectivity index (χ0v) is 11.7. The zero-order valence-electron chi connectivity index (χ0n) is 10.9. The van der Waals surface area contributed by atoms with Crippen molar-refractivity contribution in [1.82, 2.24) is 4.72 Å². The largest absolute Gasteiger partial charge is 0.370 e. The summed E-state index contributed by atoms with van der Waals surface area (Å²) in [5.41, 5.74) is 6.73. The van der Waals surface area contributed by atoms with Crippen molar-refractivity contribution in [3.63, 3.8) is 0 Å². The van der Waals surface area contributed by atoms with Crippen LogP contribution < -0.4 is 21.7 Å². The average molecular weight is 317 g/mol. The fraction of sp³-hybridized carbons (Fsp3) is 0.300. The molecule has 0 radical (unpaired) electrons. The van der Waals surface area contributed by atoms with Gasteiger partial charge in [-0.15, -0.1) is 0 Å². The Balaban J connectivity index is 2.97. The molecule has 21 heavy (non-hydrogen) atoms. The van der Waals surface area contributed by atoms with Crippen LogP contribution in [0, 0.1) is 10.1 Å². The number of hydrazine groups is 1. The van der Waals surface area contributed by atoms with Gasteiger partial charge in [0.15, 0.2) is 0 Å². The summed E-state index contributed by atoms with van der Waals surface area (Å²) in [5, 5.41) is 10.7. The van der Waals surface area contributed by atoms with Gasteiger partial charge >= 0.3 is 0 Å². The van der Waals surface area contributed by atoms with Crippen molar-refractivity contribution in [3.05, 3.63) is 28.3 Å². The van der Waals surface area contributed by atoms with Crippen LogP contribution in [0.4, 0.5) is 11.4 Å². The van der Waals surface area contributed by atoms with E-state index in [-0.39, 0.29) is 35.7 Å². The normalized spacial score (nSPS) is 11.1. The Morgan fingerprint density at radius 1 is 1.38 bits per heavy atom. The second-order valence-electron chi connectivity index (χ2n) is 4.05. The first-order valence-electron chi connectivity index (χ1n) is 5.81. The number of primary amides is 1. The van der Waals surface area contributed by atoms with E-state index in [1.54, 1.807) is 0 Å². The highest BCUT2D eigenvalue weighted by molar-refractivity contribution is 7.89. The van der Waals surface area contributed by atoms with Crippen LogP contribution in [0.25, 0.3) is 0 Å². The third-order valence-electron chi connectivity index (χ3n) is 2.51. The van der Waals surface area contributed by atoms with Crippen molar-refractivity contribution in [2.75, 3.05) is 12.0 Å². The molecular weight excluding hydrogens is 302 g/mol. The van der Waals surface area contributed by atoms with Gasteiger partial charge in [-0.2, -0.15) is 0 Å². The van der Waals surface area contributed by atoms with Gasteiger partial charge in [-0.05, 0) is 12.5 Å². The van der Waals surface area contributed by atoms with Gasteiger partial charge in [0.05, 0.1) is 10.6 Å². The average Bonchev–Trinajstić information content (AvgIpc) is 2.42. The van der Waals surface area contributed by atoms with Crippen LogP contribution in [-0.4, -0.2) is 25.8 Å². The van der Waals surface area contributed by atoms with Gasteiger partial charge in [0.2, 0.25) is 15.9 Å². The topological polar surface area (TPSA) is 170 Å². The van der Waals surface area contributed by atoms with E-state index in [2.05, 4.69) is 10.1 Å². The number of rotatable bonds is 8.